The SMILES string of the molecule is COc1ccc(-c2nc(C)c(C(=O)N(CCN(C)C)Cc3ccccc3F)s2)cc1OC. The van der Waals surface area contributed by atoms with Crippen LogP contribution in [-0.2, 0) is 6.54 Å². The Kier molecular flexibility index (Phi) is 7.82. The van der Waals surface area contributed by atoms with Gasteiger partial charge in [-0.3, -0.25) is 4.79 Å². The zero-order valence-corrected chi connectivity index (χ0v) is 19.8. The highest BCUT2D eigenvalue weighted by molar-refractivity contribution is 7.17. The molecule has 0 bridgehead atoms. The molecule has 0 aliphatic heterocycles. The standard InChI is InChI=1S/C24H28FN3O3S/c1-16-22(32-23(26-16)17-10-11-20(30-4)21(14-17)31-5)24(29)28(13-12-27(2)3)15-18-8-6-7-9-19(18)25/h6-11,14H,12-13,15H2,1-5H3. The summed E-state index contributed by atoms with van der Waals surface area (Å²) in [5.74, 6) is 0.748. The van der Waals surface area contributed by atoms with Gasteiger partial charge in [-0.15, -0.1) is 11.3 Å². The molecule has 1 aromatic heterocycles. The Hall–Kier alpha value is -2.97. The Morgan fingerprint density at radius 3 is 2.44 bits per heavy atom. The normalized spacial score (nSPS) is 11.0. The maximum atomic E-state index is 14.3. The first kappa shape index (κ1) is 23.7. The highest BCUT2D eigenvalue weighted by Gasteiger charge is 2.23. The Bertz CT molecular complexity index is 1080. The maximum Gasteiger partial charge on any atom is 0.266 e. The van der Waals surface area contributed by atoms with Gasteiger partial charge in [-0.05, 0) is 45.3 Å². The summed E-state index contributed by atoms with van der Waals surface area (Å²) in [4.78, 5) is 22.3. The van der Waals surface area contributed by atoms with Gasteiger partial charge in [-0.25, -0.2) is 9.37 Å². The van der Waals surface area contributed by atoms with Crippen LogP contribution in [0, 0.1) is 12.7 Å². The topological polar surface area (TPSA) is 54.9 Å². The van der Waals surface area contributed by atoms with E-state index in [9.17, 15) is 9.18 Å². The predicted molar refractivity (Wildman–Crippen MR) is 125 cm³/mol. The number of ether oxygens (including phenoxy) is 2. The number of methoxy groups -OCH3 is 2. The first-order valence-electron chi connectivity index (χ1n) is 10.2. The van der Waals surface area contributed by atoms with Crippen molar-refractivity contribution in [3.8, 4) is 22.1 Å². The number of carbonyl (C=O) groups excluding carboxylic acids is 1. The van der Waals surface area contributed by atoms with E-state index in [0.29, 0.717) is 45.7 Å². The second kappa shape index (κ2) is 10.6. The fourth-order valence-electron chi connectivity index (χ4n) is 3.24. The van der Waals surface area contributed by atoms with Crippen molar-refractivity contribution >= 4 is 17.2 Å². The number of hydrogen-bond acceptors (Lipinski definition) is 6. The van der Waals surface area contributed by atoms with Gasteiger partial charge in [0.15, 0.2) is 11.5 Å². The quantitative estimate of drug-likeness (QED) is 0.474. The summed E-state index contributed by atoms with van der Waals surface area (Å²) in [5.41, 5.74) is 1.97. The highest BCUT2D eigenvalue weighted by atomic mass is 32.1. The molecule has 0 spiro atoms. The molecule has 0 radical (unpaired) electrons. The van der Waals surface area contributed by atoms with E-state index >= 15 is 0 Å². The molecule has 2 aromatic carbocycles. The molecular formula is C24H28FN3O3S. The zero-order chi connectivity index (χ0) is 23.3. The van der Waals surface area contributed by atoms with Crippen molar-refractivity contribution in [1.29, 1.82) is 0 Å². The third-order valence-electron chi connectivity index (χ3n) is 5.04. The number of likely N-dealkylation sites (N-methyl/N-ethyl adjacent to an activating group) is 1. The third-order valence-corrected chi connectivity index (χ3v) is 6.24. The fraction of sp³-hybridized carbons (Fsp3) is 0.333. The molecule has 8 heteroatoms. The molecule has 32 heavy (non-hydrogen) atoms. The van der Waals surface area contributed by atoms with Crippen molar-refractivity contribution in [3.63, 3.8) is 0 Å². The minimum Gasteiger partial charge on any atom is -0.493 e. The number of carbonyl (C=O) groups is 1. The fourth-order valence-corrected chi connectivity index (χ4v) is 4.27. The van der Waals surface area contributed by atoms with Gasteiger partial charge in [-0.2, -0.15) is 0 Å². The largest absolute Gasteiger partial charge is 0.493 e. The average Bonchev–Trinajstić information content (AvgIpc) is 3.18. The third kappa shape index (κ3) is 5.44. The van der Waals surface area contributed by atoms with Crippen molar-refractivity contribution in [1.82, 2.24) is 14.8 Å². The van der Waals surface area contributed by atoms with Crippen molar-refractivity contribution < 1.29 is 18.7 Å². The number of aromatic nitrogens is 1. The van der Waals surface area contributed by atoms with E-state index in [4.69, 9.17) is 9.47 Å². The molecule has 6 nitrogen and oxygen atoms in total. The van der Waals surface area contributed by atoms with Crippen LogP contribution in [-0.4, -0.2) is 62.1 Å². The molecule has 170 valence electrons. The minimum absolute atomic E-state index is 0.156. The summed E-state index contributed by atoms with van der Waals surface area (Å²) >= 11 is 1.32. The van der Waals surface area contributed by atoms with Gasteiger partial charge in [0.05, 0.1) is 19.9 Å². The number of halogens is 1. The number of amides is 1. The van der Waals surface area contributed by atoms with Crippen LogP contribution in [0.4, 0.5) is 4.39 Å². The lowest BCUT2D eigenvalue weighted by Crippen LogP contribution is -2.36. The van der Waals surface area contributed by atoms with Crippen LogP contribution in [0.1, 0.15) is 20.9 Å². The molecule has 0 saturated carbocycles. The Morgan fingerprint density at radius 1 is 1.06 bits per heavy atom. The van der Waals surface area contributed by atoms with Crippen molar-refractivity contribution in [2.45, 2.75) is 13.5 Å². The number of benzene rings is 2. The van der Waals surface area contributed by atoms with E-state index in [0.717, 1.165) is 5.56 Å². The van der Waals surface area contributed by atoms with Crippen LogP contribution in [0.25, 0.3) is 10.6 Å². The number of nitrogens with zero attached hydrogens (tertiary/aromatic N) is 3. The molecule has 0 aliphatic carbocycles. The van der Waals surface area contributed by atoms with Crippen LogP contribution in [0.3, 0.4) is 0 Å². The lowest BCUT2D eigenvalue weighted by Gasteiger charge is -2.24. The zero-order valence-electron chi connectivity index (χ0n) is 19.0. The summed E-state index contributed by atoms with van der Waals surface area (Å²) < 4.78 is 25.0. The summed E-state index contributed by atoms with van der Waals surface area (Å²) in [6.07, 6.45) is 0. The van der Waals surface area contributed by atoms with E-state index in [2.05, 4.69) is 4.98 Å². The summed E-state index contributed by atoms with van der Waals surface area (Å²) in [6, 6.07) is 12.1. The van der Waals surface area contributed by atoms with E-state index in [1.54, 1.807) is 37.3 Å². The molecule has 1 amide bonds. The summed E-state index contributed by atoms with van der Waals surface area (Å²) in [5, 5.41) is 0.713. The lowest BCUT2D eigenvalue weighted by atomic mass is 10.2. The van der Waals surface area contributed by atoms with E-state index in [1.807, 2.05) is 44.1 Å². The summed E-state index contributed by atoms with van der Waals surface area (Å²) in [6.45, 7) is 3.16. The van der Waals surface area contributed by atoms with E-state index in [1.165, 1.54) is 17.4 Å². The van der Waals surface area contributed by atoms with Crippen molar-refractivity contribution in [3.05, 3.63) is 64.4 Å². The smallest absolute Gasteiger partial charge is 0.266 e. The van der Waals surface area contributed by atoms with Gasteiger partial charge in [0.1, 0.15) is 15.7 Å². The van der Waals surface area contributed by atoms with Gasteiger partial charge in [0, 0.05) is 30.8 Å². The van der Waals surface area contributed by atoms with Crippen LogP contribution in [0.5, 0.6) is 11.5 Å². The molecule has 3 rings (SSSR count). The van der Waals surface area contributed by atoms with Crippen molar-refractivity contribution in [2.24, 2.45) is 0 Å². The van der Waals surface area contributed by atoms with Gasteiger partial charge < -0.3 is 19.3 Å². The maximum absolute atomic E-state index is 14.3. The molecule has 3 aromatic rings. The minimum atomic E-state index is -0.317. The molecule has 0 unspecified atom stereocenters. The molecular weight excluding hydrogens is 429 g/mol. The molecule has 0 atom stereocenters. The van der Waals surface area contributed by atoms with Crippen LogP contribution < -0.4 is 9.47 Å². The number of thiazole rings is 1. The van der Waals surface area contributed by atoms with Crippen LogP contribution >= 0.6 is 11.3 Å². The summed E-state index contributed by atoms with van der Waals surface area (Å²) in [7, 11) is 7.05. The Morgan fingerprint density at radius 2 is 1.78 bits per heavy atom. The second-order valence-corrected chi connectivity index (χ2v) is 8.62. The first-order chi connectivity index (χ1) is 15.3. The predicted octanol–water partition coefficient (Wildman–Crippen LogP) is 4.48. The molecule has 0 N–H and O–H groups in total. The van der Waals surface area contributed by atoms with Crippen molar-refractivity contribution in [2.75, 3.05) is 41.4 Å². The average molecular weight is 458 g/mol. The second-order valence-electron chi connectivity index (χ2n) is 7.62. The Labute approximate surface area is 192 Å². The van der Waals surface area contributed by atoms with Gasteiger partial charge >= 0.3 is 0 Å². The number of aryl methyl sites for hydroxylation is 1. The monoisotopic (exact) mass is 457 g/mol. The highest BCUT2D eigenvalue weighted by Crippen LogP contribution is 2.35. The first-order valence-corrected chi connectivity index (χ1v) is 11.0. The molecule has 0 aliphatic rings. The lowest BCUT2D eigenvalue weighted by molar-refractivity contribution is 0.0734. The van der Waals surface area contributed by atoms with Crippen LogP contribution in [0.2, 0.25) is 0 Å². The van der Waals surface area contributed by atoms with Gasteiger partial charge in [0.25, 0.3) is 5.91 Å². The molecule has 0 saturated heterocycles. The number of rotatable bonds is 9. The Balaban J connectivity index is 1.91. The van der Waals surface area contributed by atoms with Gasteiger partial charge in [-0.1, -0.05) is 18.2 Å². The van der Waals surface area contributed by atoms with E-state index < -0.39 is 0 Å². The molecule has 0 fully saturated rings. The number of hydrogen-bond donors (Lipinski definition) is 0. The molecule has 1 heterocycles. The van der Waals surface area contributed by atoms with Gasteiger partial charge in [0.2, 0.25) is 0 Å². The van der Waals surface area contributed by atoms with Crippen LogP contribution in [0.15, 0.2) is 42.5 Å². The van der Waals surface area contributed by atoms with E-state index in [-0.39, 0.29) is 18.3 Å².